The Morgan fingerprint density at radius 1 is 1.15 bits per heavy atom. The summed E-state index contributed by atoms with van der Waals surface area (Å²) in [5.74, 6) is 10.1. The van der Waals surface area contributed by atoms with E-state index in [1.54, 1.807) is 30.5 Å². The molecule has 0 aliphatic heterocycles. The molecule has 0 saturated heterocycles. The molecule has 0 spiro atoms. The number of nitrogens with one attached hydrogen (secondary N) is 2. The lowest BCUT2D eigenvalue weighted by Gasteiger charge is -2.10. The molecule has 0 aliphatic carbocycles. The molecule has 0 radical (unpaired) electrons. The van der Waals surface area contributed by atoms with Gasteiger partial charge in [0.2, 0.25) is 5.88 Å². The van der Waals surface area contributed by atoms with Crippen LogP contribution in [0.5, 0.6) is 5.75 Å². The van der Waals surface area contributed by atoms with E-state index >= 15 is 0 Å². The predicted octanol–water partition coefficient (Wildman–Crippen LogP) is 1.02. The number of carboxylic acids is 1. The van der Waals surface area contributed by atoms with Crippen molar-refractivity contribution < 1.29 is 14.6 Å². The fourth-order valence-corrected chi connectivity index (χ4v) is 2.15. The Labute approximate surface area is 148 Å². The first kappa shape index (κ1) is 16.9. The zero-order valence-electron chi connectivity index (χ0n) is 13.5. The van der Waals surface area contributed by atoms with Gasteiger partial charge in [-0.2, -0.15) is 5.10 Å². The molecular weight excluding hydrogens is 334 g/mol. The Balaban J connectivity index is 1.76. The topological polar surface area (TPSA) is 139 Å². The average Bonchev–Trinajstić information content (AvgIpc) is 3.12. The summed E-state index contributed by atoms with van der Waals surface area (Å²) in [7, 11) is 0. The Hall–Kier alpha value is -3.96. The van der Waals surface area contributed by atoms with Crippen molar-refractivity contribution in [1.29, 1.82) is 0 Å². The fourth-order valence-electron chi connectivity index (χ4n) is 2.15. The van der Waals surface area contributed by atoms with Crippen LogP contribution in [0.15, 0.2) is 60.2 Å². The van der Waals surface area contributed by atoms with E-state index in [2.05, 4.69) is 27.5 Å². The first-order valence-corrected chi connectivity index (χ1v) is 7.49. The van der Waals surface area contributed by atoms with E-state index in [1.165, 1.54) is 0 Å². The number of aliphatic carboxylic acids is 1. The maximum absolute atomic E-state index is 10.8. The summed E-state index contributed by atoms with van der Waals surface area (Å²) < 4.78 is 5.32. The van der Waals surface area contributed by atoms with Gasteiger partial charge in [-0.15, -0.1) is 0 Å². The summed E-state index contributed by atoms with van der Waals surface area (Å²) in [6, 6.07) is 12.5. The monoisotopic (exact) mass is 349 g/mol. The number of hydrogen-bond acceptors (Lipinski definition) is 6. The normalized spacial score (nSPS) is 11.3. The van der Waals surface area contributed by atoms with Crippen LogP contribution in [0.2, 0.25) is 0 Å². The lowest BCUT2D eigenvalue weighted by molar-refractivity contribution is -0.132. The second-order valence-electron chi connectivity index (χ2n) is 5.24. The molecule has 3 aromatic rings. The van der Waals surface area contributed by atoms with Gasteiger partial charge in [-0.3, -0.25) is 10.5 Å². The third kappa shape index (κ3) is 3.75. The van der Waals surface area contributed by atoms with E-state index in [0.29, 0.717) is 5.75 Å². The summed E-state index contributed by atoms with van der Waals surface area (Å²) in [6.07, 6.45) is 1.74. The molecule has 1 heterocycles. The van der Waals surface area contributed by atoms with Crippen LogP contribution < -0.4 is 21.7 Å². The van der Waals surface area contributed by atoms with Crippen LogP contribution in [-0.4, -0.2) is 21.3 Å². The molecule has 3 rings (SSSR count). The summed E-state index contributed by atoms with van der Waals surface area (Å²) in [5.41, 5.74) is 9.56. The number of carboxylic acid groups (broad SMARTS) is 1. The average molecular weight is 349 g/mol. The number of fused-ring (bicyclic) bond motifs is 1. The van der Waals surface area contributed by atoms with Crippen molar-refractivity contribution in [1.82, 2.24) is 15.6 Å². The lowest BCUT2D eigenvalue weighted by atomic mass is 10.1. The van der Waals surface area contributed by atoms with Crippen LogP contribution >= 0.6 is 0 Å². The van der Waals surface area contributed by atoms with Crippen molar-refractivity contribution in [2.75, 3.05) is 0 Å². The van der Waals surface area contributed by atoms with Gasteiger partial charge < -0.3 is 15.6 Å². The Morgan fingerprint density at radius 2 is 1.85 bits per heavy atom. The highest BCUT2D eigenvalue weighted by Gasteiger charge is 2.11. The van der Waals surface area contributed by atoms with Gasteiger partial charge in [-0.1, -0.05) is 11.8 Å². The first-order chi connectivity index (χ1) is 12.6. The van der Waals surface area contributed by atoms with Gasteiger partial charge in [-0.05, 0) is 42.5 Å². The molecule has 7 N–H and O–H groups in total. The lowest BCUT2D eigenvalue weighted by Crippen LogP contribution is -2.31. The smallest absolute Gasteiger partial charge is 0.357 e. The van der Waals surface area contributed by atoms with Gasteiger partial charge in [0.25, 0.3) is 0 Å². The zero-order valence-corrected chi connectivity index (χ0v) is 13.5. The van der Waals surface area contributed by atoms with Crippen LogP contribution in [-0.2, 0) is 4.79 Å². The quantitative estimate of drug-likeness (QED) is 0.156. The molecule has 8 heteroatoms. The van der Waals surface area contributed by atoms with Crippen molar-refractivity contribution in [3.05, 3.63) is 71.4 Å². The number of nitrogens with zero attached hydrogens (tertiary/aromatic N) is 1. The van der Waals surface area contributed by atoms with E-state index in [0.717, 1.165) is 22.0 Å². The van der Waals surface area contributed by atoms with Crippen LogP contribution in [0.1, 0.15) is 11.1 Å². The zero-order chi connectivity index (χ0) is 18.5. The summed E-state index contributed by atoms with van der Waals surface area (Å²) in [6.45, 7) is 0. The molecule has 0 saturated carbocycles. The first-order valence-electron chi connectivity index (χ1n) is 7.49. The number of hydrogen-bond donors (Lipinski definition) is 5. The minimum atomic E-state index is -1.34. The Kier molecular flexibility index (Phi) is 4.74. The molecule has 0 aliphatic rings. The molecule has 0 fully saturated rings. The number of hydrazine groups is 1. The van der Waals surface area contributed by atoms with Crippen molar-refractivity contribution in [2.24, 2.45) is 11.6 Å². The SMILES string of the molecule is NN/C(Oc1ccc(C#Cc2ccc3[nH]ncc3c2)cc1)=C(\N)C(=O)O. The number of aromatic nitrogens is 2. The molecular formula is C18H15N5O3. The predicted molar refractivity (Wildman–Crippen MR) is 95.3 cm³/mol. The third-order valence-corrected chi connectivity index (χ3v) is 3.47. The third-order valence-electron chi connectivity index (χ3n) is 3.47. The molecule has 0 unspecified atom stereocenters. The Bertz CT molecular complexity index is 1040. The molecule has 0 bridgehead atoms. The fraction of sp³-hybridized carbons (Fsp3) is 0. The molecule has 1 aromatic heterocycles. The highest BCUT2D eigenvalue weighted by Crippen LogP contribution is 2.15. The van der Waals surface area contributed by atoms with Crippen LogP contribution in [0, 0.1) is 11.8 Å². The number of aromatic amines is 1. The van der Waals surface area contributed by atoms with Gasteiger partial charge in [0.15, 0.2) is 5.70 Å². The minimum Gasteiger partial charge on any atom is -0.476 e. The molecule has 2 aromatic carbocycles. The molecule has 26 heavy (non-hydrogen) atoms. The summed E-state index contributed by atoms with van der Waals surface area (Å²) in [5, 5.41) is 16.7. The molecule has 0 atom stereocenters. The molecule has 8 nitrogen and oxygen atoms in total. The number of carbonyl (C=O) groups is 1. The van der Waals surface area contributed by atoms with Gasteiger partial charge in [0, 0.05) is 16.5 Å². The maximum atomic E-state index is 10.8. The number of H-pyrrole nitrogens is 1. The second-order valence-corrected chi connectivity index (χ2v) is 5.24. The van der Waals surface area contributed by atoms with Crippen LogP contribution in [0.4, 0.5) is 0 Å². The number of ether oxygens (including phenoxy) is 1. The summed E-state index contributed by atoms with van der Waals surface area (Å²) in [4.78, 5) is 10.8. The molecule has 0 amide bonds. The highest BCUT2D eigenvalue weighted by atomic mass is 16.5. The minimum absolute atomic E-state index is 0.246. The van der Waals surface area contributed by atoms with Gasteiger partial charge in [-0.25, -0.2) is 10.6 Å². The van der Waals surface area contributed by atoms with Crippen LogP contribution in [0.3, 0.4) is 0 Å². The van der Waals surface area contributed by atoms with E-state index in [4.69, 9.17) is 21.4 Å². The van der Waals surface area contributed by atoms with E-state index in [9.17, 15) is 4.79 Å². The number of benzene rings is 2. The second kappa shape index (κ2) is 7.29. The Morgan fingerprint density at radius 3 is 2.54 bits per heavy atom. The maximum Gasteiger partial charge on any atom is 0.357 e. The van der Waals surface area contributed by atoms with E-state index in [1.807, 2.05) is 18.2 Å². The van der Waals surface area contributed by atoms with Crippen molar-refractivity contribution in [3.63, 3.8) is 0 Å². The number of nitrogens with two attached hydrogens (primary N) is 2. The van der Waals surface area contributed by atoms with Crippen LogP contribution in [0.25, 0.3) is 10.9 Å². The van der Waals surface area contributed by atoms with Crippen molar-refractivity contribution >= 4 is 16.9 Å². The standard InChI is InChI=1S/C18H15N5O3/c19-16(18(24)25)17(22-20)26-14-6-3-11(4-7-14)1-2-12-5-8-15-13(9-12)10-21-23-15/h3-10,22H,19-20H2,(H,21,23)(H,24,25)/b17-16+. The summed E-state index contributed by atoms with van der Waals surface area (Å²) >= 11 is 0. The largest absolute Gasteiger partial charge is 0.476 e. The van der Waals surface area contributed by atoms with E-state index < -0.39 is 11.7 Å². The van der Waals surface area contributed by atoms with Gasteiger partial charge >= 0.3 is 5.97 Å². The van der Waals surface area contributed by atoms with Gasteiger partial charge in [0.1, 0.15) is 5.75 Å². The number of rotatable bonds is 4. The van der Waals surface area contributed by atoms with Gasteiger partial charge in [0.05, 0.1) is 11.7 Å². The van der Waals surface area contributed by atoms with E-state index in [-0.39, 0.29) is 5.88 Å². The van der Waals surface area contributed by atoms with Crippen molar-refractivity contribution in [2.45, 2.75) is 0 Å². The molecule has 130 valence electrons. The van der Waals surface area contributed by atoms with Crippen molar-refractivity contribution in [3.8, 4) is 17.6 Å². The highest BCUT2D eigenvalue weighted by molar-refractivity contribution is 5.85.